The van der Waals surface area contributed by atoms with Gasteiger partial charge in [-0.1, -0.05) is 151 Å². The zero-order valence-electron chi connectivity index (χ0n) is 33.2. The highest BCUT2D eigenvalue weighted by molar-refractivity contribution is 7.89. The monoisotopic (exact) mass is 742 g/mol. The predicted molar refractivity (Wildman–Crippen MR) is 216 cm³/mol. The summed E-state index contributed by atoms with van der Waals surface area (Å²) in [6, 6.07) is 23.4. The molecule has 10 heteroatoms. The average Bonchev–Trinajstić information content (AvgIpc) is 3.08. The number of rotatable bonds is 15. The SMILES string of the molecule is CN[C@H](C(=O)N[C@H](C(=O)N(C)/C(=C/C(C)C(=O)NS(=O)(=O)Cc1ccccc1)C(C)C)C(C)(C)C)C(C)(C)c1ccc(C=Cc2ccc(C)cc2)cc1. The third kappa shape index (κ3) is 12.0. The van der Waals surface area contributed by atoms with Gasteiger partial charge in [-0.2, -0.15) is 0 Å². The van der Waals surface area contributed by atoms with Crippen LogP contribution in [0.15, 0.2) is 90.6 Å². The van der Waals surface area contributed by atoms with Crippen molar-refractivity contribution in [2.24, 2.45) is 17.3 Å². The van der Waals surface area contributed by atoms with E-state index in [0.717, 1.165) is 16.7 Å². The Hall–Kier alpha value is -4.54. The second-order valence-corrected chi connectivity index (χ2v) is 17.5. The summed E-state index contributed by atoms with van der Waals surface area (Å²) in [5.41, 5.74) is 4.08. The summed E-state index contributed by atoms with van der Waals surface area (Å²) in [6.45, 7) is 17.1. The van der Waals surface area contributed by atoms with Crippen LogP contribution in [-0.2, 0) is 35.6 Å². The van der Waals surface area contributed by atoms with E-state index < -0.39 is 44.8 Å². The Labute approximate surface area is 317 Å². The van der Waals surface area contributed by atoms with Crippen LogP contribution in [0.4, 0.5) is 0 Å². The molecule has 3 aromatic rings. The summed E-state index contributed by atoms with van der Waals surface area (Å²) in [7, 11) is -0.595. The Morgan fingerprint density at radius 1 is 0.774 bits per heavy atom. The minimum atomic E-state index is -3.94. The lowest BCUT2D eigenvalue weighted by Crippen LogP contribution is -2.60. The van der Waals surface area contributed by atoms with Gasteiger partial charge >= 0.3 is 0 Å². The maximum atomic E-state index is 14.3. The van der Waals surface area contributed by atoms with Gasteiger partial charge in [0.2, 0.25) is 27.7 Å². The molecule has 3 N–H and O–H groups in total. The van der Waals surface area contributed by atoms with Crippen molar-refractivity contribution in [3.05, 3.63) is 118 Å². The van der Waals surface area contributed by atoms with Crippen molar-refractivity contribution in [2.45, 2.75) is 85.6 Å². The predicted octanol–water partition coefficient (Wildman–Crippen LogP) is 6.84. The largest absolute Gasteiger partial charge is 0.342 e. The Balaban J connectivity index is 1.79. The van der Waals surface area contributed by atoms with Gasteiger partial charge in [-0.3, -0.25) is 19.1 Å². The van der Waals surface area contributed by atoms with Crippen LogP contribution in [0.25, 0.3) is 12.2 Å². The van der Waals surface area contributed by atoms with E-state index >= 15 is 0 Å². The van der Waals surface area contributed by atoms with E-state index in [4.69, 9.17) is 0 Å². The Kier molecular flexibility index (Phi) is 14.6. The van der Waals surface area contributed by atoms with Gasteiger partial charge < -0.3 is 15.5 Å². The molecule has 0 bridgehead atoms. The van der Waals surface area contributed by atoms with E-state index in [1.165, 1.54) is 10.5 Å². The first-order chi connectivity index (χ1) is 24.7. The van der Waals surface area contributed by atoms with Crippen molar-refractivity contribution in [1.29, 1.82) is 0 Å². The van der Waals surface area contributed by atoms with E-state index in [1.54, 1.807) is 57.4 Å². The van der Waals surface area contributed by atoms with Crippen molar-refractivity contribution >= 4 is 39.9 Å². The molecule has 3 amide bonds. The van der Waals surface area contributed by atoms with Crippen LogP contribution in [0.3, 0.4) is 0 Å². The molecular weight excluding hydrogens is 685 g/mol. The van der Waals surface area contributed by atoms with E-state index in [-0.39, 0.29) is 23.5 Å². The standard InChI is InChI=1S/C43H58N4O5S/c1-29(2)36(27-31(4)39(48)46-53(51,52)28-34-15-13-12-14-16-34)47(11)41(50)38(42(5,6)7)45-40(49)37(44-10)43(8,9)35-25-23-33(24-26-35)22-21-32-19-17-30(3)18-20-32/h12-27,29,31,37-38,44H,28H2,1-11H3,(H,45,49)(H,46,48)/b22-21?,36-27+/t31?,37-,38-/m1/s1. The van der Waals surface area contributed by atoms with Crippen LogP contribution in [0.1, 0.15) is 83.2 Å². The fourth-order valence-electron chi connectivity index (χ4n) is 6.17. The summed E-state index contributed by atoms with van der Waals surface area (Å²) in [5.74, 6) is -2.78. The minimum Gasteiger partial charge on any atom is -0.342 e. The third-order valence-electron chi connectivity index (χ3n) is 9.47. The van der Waals surface area contributed by atoms with Gasteiger partial charge in [0.15, 0.2) is 0 Å². The summed E-state index contributed by atoms with van der Waals surface area (Å²) in [6.07, 6.45) is 5.73. The van der Waals surface area contributed by atoms with Crippen LogP contribution >= 0.6 is 0 Å². The third-order valence-corrected chi connectivity index (χ3v) is 10.7. The molecule has 0 fully saturated rings. The summed E-state index contributed by atoms with van der Waals surface area (Å²) >= 11 is 0. The van der Waals surface area contributed by atoms with Crippen LogP contribution in [0, 0.1) is 24.2 Å². The van der Waals surface area contributed by atoms with Gasteiger partial charge in [0, 0.05) is 18.2 Å². The molecule has 0 aliphatic heterocycles. The molecule has 0 saturated carbocycles. The van der Waals surface area contributed by atoms with Gasteiger partial charge in [-0.05, 0) is 54.5 Å². The number of benzene rings is 3. The number of amides is 3. The molecular formula is C43H58N4O5S. The van der Waals surface area contributed by atoms with Gasteiger partial charge in [-0.25, -0.2) is 8.42 Å². The first-order valence-corrected chi connectivity index (χ1v) is 19.7. The van der Waals surface area contributed by atoms with E-state index in [1.807, 2.05) is 72.7 Å². The van der Waals surface area contributed by atoms with Crippen molar-refractivity contribution in [3.63, 3.8) is 0 Å². The molecule has 286 valence electrons. The number of carbonyl (C=O) groups is 3. The molecule has 0 radical (unpaired) electrons. The lowest BCUT2D eigenvalue weighted by molar-refractivity contribution is -0.138. The van der Waals surface area contributed by atoms with E-state index in [0.29, 0.717) is 11.3 Å². The molecule has 53 heavy (non-hydrogen) atoms. The fourth-order valence-corrected chi connectivity index (χ4v) is 7.37. The van der Waals surface area contributed by atoms with Crippen molar-refractivity contribution < 1.29 is 22.8 Å². The summed E-state index contributed by atoms with van der Waals surface area (Å²) < 4.78 is 27.7. The molecule has 0 aliphatic carbocycles. The Bertz CT molecular complexity index is 1880. The number of carbonyl (C=O) groups excluding carboxylic acids is 3. The van der Waals surface area contributed by atoms with Gasteiger partial charge in [-0.15, -0.1) is 0 Å². The smallest absolute Gasteiger partial charge is 0.249 e. The van der Waals surface area contributed by atoms with Crippen LogP contribution in [0.2, 0.25) is 0 Å². The Morgan fingerprint density at radius 2 is 1.30 bits per heavy atom. The molecule has 9 nitrogen and oxygen atoms in total. The minimum absolute atomic E-state index is 0.199. The molecule has 1 unspecified atom stereocenters. The van der Waals surface area contributed by atoms with Crippen LogP contribution in [0.5, 0.6) is 0 Å². The first-order valence-electron chi connectivity index (χ1n) is 18.1. The number of sulfonamides is 1. The molecule has 0 aromatic heterocycles. The molecule has 3 atom stereocenters. The average molecular weight is 743 g/mol. The van der Waals surface area contributed by atoms with Crippen LogP contribution in [-0.4, -0.2) is 57.2 Å². The topological polar surface area (TPSA) is 125 Å². The van der Waals surface area contributed by atoms with E-state index in [2.05, 4.69) is 58.7 Å². The van der Waals surface area contributed by atoms with Crippen LogP contribution < -0.4 is 15.4 Å². The zero-order valence-corrected chi connectivity index (χ0v) is 34.0. The second kappa shape index (κ2) is 18.0. The molecule has 0 spiro atoms. The normalized spacial score (nSPS) is 14.5. The second-order valence-electron chi connectivity index (χ2n) is 15.8. The quantitative estimate of drug-likeness (QED) is 0.147. The lowest BCUT2D eigenvalue weighted by atomic mass is 9.76. The fraction of sp³-hybridized carbons (Fsp3) is 0.419. The number of likely N-dealkylation sites (N-methyl/N-ethyl adjacent to an activating group) is 2. The maximum Gasteiger partial charge on any atom is 0.249 e. The lowest BCUT2D eigenvalue weighted by Gasteiger charge is -2.39. The highest BCUT2D eigenvalue weighted by atomic mass is 32.2. The summed E-state index contributed by atoms with van der Waals surface area (Å²) in [4.78, 5) is 42.9. The number of hydrogen-bond acceptors (Lipinski definition) is 6. The van der Waals surface area contributed by atoms with Crippen molar-refractivity contribution in [2.75, 3.05) is 14.1 Å². The number of aryl methyl sites for hydroxylation is 1. The highest BCUT2D eigenvalue weighted by Gasteiger charge is 2.41. The number of hydrogen-bond donors (Lipinski definition) is 3. The molecule has 3 rings (SSSR count). The van der Waals surface area contributed by atoms with Gasteiger partial charge in [0.05, 0.1) is 17.7 Å². The molecule has 0 saturated heterocycles. The van der Waals surface area contributed by atoms with Gasteiger partial charge in [0.1, 0.15) is 6.04 Å². The van der Waals surface area contributed by atoms with Gasteiger partial charge in [0.25, 0.3) is 0 Å². The zero-order chi connectivity index (χ0) is 39.7. The maximum absolute atomic E-state index is 14.3. The van der Waals surface area contributed by atoms with E-state index in [9.17, 15) is 22.8 Å². The molecule has 0 heterocycles. The summed E-state index contributed by atoms with van der Waals surface area (Å²) in [5, 5.41) is 6.24. The number of nitrogens with zero attached hydrogens (tertiary/aromatic N) is 1. The number of allylic oxidation sites excluding steroid dienone is 1. The first kappa shape index (κ1) is 42.9. The Morgan fingerprint density at radius 3 is 1.79 bits per heavy atom. The molecule has 3 aromatic carbocycles. The molecule has 0 aliphatic rings. The van der Waals surface area contributed by atoms with Crippen molar-refractivity contribution in [1.82, 2.24) is 20.3 Å². The highest BCUT2D eigenvalue weighted by Crippen LogP contribution is 2.30. The van der Waals surface area contributed by atoms with Crippen molar-refractivity contribution in [3.8, 4) is 0 Å². The number of nitrogens with one attached hydrogen (secondary N) is 3.